The molecule has 1 fully saturated rings. The van der Waals surface area contributed by atoms with Crippen LogP contribution in [0.25, 0.3) is 0 Å². The highest BCUT2D eigenvalue weighted by Gasteiger charge is 2.19. The molecule has 1 saturated heterocycles. The Balaban J connectivity index is 2.12. The second-order valence-corrected chi connectivity index (χ2v) is 5.06. The number of piperidine rings is 1. The summed E-state index contributed by atoms with van der Waals surface area (Å²) in [6.45, 7) is 8.72. The van der Waals surface area contributed by atoms with E-state index < -0.39 is 0 Å². The Morgan fingerprint density at radius 1 is 1.50 bits per heavy atom. The summed E-state index contributed by atoms with van der Waals surface area (Å²) in [6, 6.07) is 0.344. The number of ether oxygens (including phenoxy) is 1. The van der Waals surface area contributed by atoms with Gasteiger partial charge in [0, 0.05) is 19.2 Å². The Labute approximate surface area is 100 Å². The van der Waals surface area contributed by atoms with Crippen molar-refractivity contribution in [1.29, 1.82) is 0 Å². The highest BCUT2D eigenvalue weighted by molar-refractivity contribution is 4.73. The Hall–Kier alpha value is -0.120. The molecule has 0 spiro atoms. The monoisotopic (exact) mass is 228 g/mol. The van der Waals surface area contributed by atoms with Crippen LogP contribution in [-0.4, -0.2) is 43.3 Å². The van der Waals surface area contributed by atoms with Gasteiger partial charge in [-0.05, 0) is 52.1 Å². The van der Waals surface area contributed by atoms with Gasteiger partial charge in [0.25, 0.3) is 0 Å². The maximum atomic E-state index is 5.82. The van der Waals surface area contributed by atoms with Crippen LogP contribution in [0.3, 0.4) is 0 Å². The van der Waals surface area contributed by atoms with Crippen molar-refractivity contribution in [2.45, 2.75) is 58.1 Å². The lowest BCUT2D eigenvalue weighted by molar-refractivity contribution is -0.000394. The molecule has 1 aliphatic rings. The molecule has 0 amide bonds. The Kier molecular flexibility index (Phi) is 7.01. The maximum Gasteiger partial charge on any atom is 0.0702 e. The summed E-state index contributed by atoms with van der Waals surface area (Å²) in [6.07, 6.45) is 6.48. The molecule has 3 nitrogen and oxygen atoms in total. The van der Waals surface area contributed by atoms with Gasteiger partial charge in [0.15, 0.2) is 0 Å². The fourth-order valence-corrected chi connectivity index (χ4v) is 2.27. The number of likely N-dealkylation sites (tertiary alicyclic amines) is 1. The summed E-state index contributed by atoms with van der Waals surface area (Å²) in [5, 5.41) is 0. The van der Waals surface area contributed by atoms with Crippen molar-refractivity contribution in [2.75, 3.05) is 26.2 Å². The predicted molar refractivity (Wildman–Crippen MR) is 68.6 cm³/mol. The number of nitrogens with zero attached hydrogens (tertiary/aromatic N) is 1. The molecule has 0 saturated carbocycles. The zero-order chi connectivity index (χ0) is 11.8. The maximum absolute atomic E-state index is 5.82. The van der Waals surface area contributed by atoms with E-state index in [-0.39, 0.29) is 0 Å². The fourth-order valence-electron chi connectivity index (χ4n) is 2.27. The van der Waals surface area contributed by atoms with Crippen LogP contribution < -0.4 is 5.73 Å². The minimum absolute atomic E-state index is 0.344. The van der Waals surface area contributed by atoms with Crippen molar-refractivity contribution in [3.63, 3.8) is 0 Å². The van der Waals surface area contributed by atoms with Gasteiger partial charge in [0.2, 0.25) is 0 Å². The summed E-state index contributed by atoms with van der Waals surface area (Å²) in [5.74, 6) is 0. The van der Waals surface area contributed by atoms with Crippen LogP contribution in [0.1, 0.15) is 46.0 Å². The first-order chi connectivity index (χ1) is 7.72. The van der Waals surface area contributed by atoms with E-state index in [0.717, 1.165) is 26.0 Å². The molecule has 1 rings (SSSR count). The standard InChI is InChI=1S/C13H28N2O/c1-3-10-16-13-7-5-9-15(11-13)8-4-6-12(2)14/h12-13H,3-11,14H2,1-2H3. The molecular weight excluding hydrogens is 200 g/mol. The Morgan fingerprint density at radius 3 is 3.00 bits per heavy atom. The van der Waals surface area contributed by atoms with Gasteiger partial charge in [-0.15, -0.1) is 0 Å². The van der Waals surface area contributed by atoms with Crippen molar-refractivity contribution in [1.82, 2.24) is 4.90 Å². The summed E-state index contributed by atoms with van der Waals surface area (Å²) < 4.78 is 5.82. The van der Waals surface area contributed by atoms with Gasteiger partial charge in [-0.1, -0.05) is 6.92 Å². The van der Waals surface area contributed by atoms with E-state index in [1.54, 1.807) is 0 Å². The highest BCUT2D eigenvalue weighted by atomic mass is 16.5. The van der Waals surface area contributed by atoms with Crippen LogP contribution in [0.15, 0.2) is 0 Å². The number of rotatable bonds is 7. The average Bonchev–Trinajstić information content (AvgIpc) is 2.26. The van der Waals surface area contributed by atoms with E-state index in [1.807, 2.05) is 0 Å². The molecule has 96 valence electrons. The van der Waals surface area contributed by atoms with Gasteiger partial charge in [-0.3, -0.25) is 0 Å². The Morgan fingerprint density at radius 2 is 2.31 bits per heavy atom. The molecule has 2 unspecified atom stereocenters. The van der Waals surface area contributed by atoms with Gasteiger partial charge in [-0.2, -0.15) is 0 Å². The third-order valence-corrected chi connectivity index (χ3v) is 3.15. The third-order valence-electron chi connectivity index (χ3n) is 3.15. The van der Waals surface area contributed by atoms with E-state index in [0.29, 0.717) is 12.1 Å². The number of hydrogen-bond acceptors (Lipinski definition) is 3. The SMILES string of the molecule is CCCOC1CCCN(CCCC(C)N)C1. The van der Waals surface area contributed by atoms with Gasteiger partial charge in [0.1, 0.15) is 0 Å². The lowest BCUT2D eigenvalue weighted by Gasteiger charge is -2.32. The molecular formula is C13H28N2O. The molecule has 1 aliphatic heterocycles. The molecule has 0 bridgehead atoms. The summed E-state index contributed by atoms with van der Waals surface area (Å²) in [7, 11) is 0. The molecule has 0 aromatic carbocycles. The third kappa shape index (κ3) is 5.83. The average molecular weight is 228 g/mol. The van der Waals surface area contributed by atoms with E-state index in [2.05, 4.69) is 18.7 Å². The molecule has 16 heavy (non-hydrogen) atoms. The van der Waals surface area contributed by atoms with Gasteiger partial charge in [-0.25, -0.2) is 0 Å². The molecule has 2 N–H and O–H groups in total. The first kappa shape index (κ1) is 13.9. The predicted octanol–water partition coefficient (Wildman–Crippen LogP) is 2.00. The van der Waals surface area contributed by atoms with E-state index >= 15 is 0 Å². The molecule has 2 atom stereocenters. The zero-order valence-electron chi connectivity index (χ0n) is 11.0. The zero-order valence-corrected chi connectivity index (χ0v) is 11.0. The summed E-state index contributed by atoms with van der Waals surface area (Å²) in [5.41, 5.74) is 5.76. The van der Waals surface area contributed by atoms with Crippen LogP contribution in [0.2, 0.25) is 0 Å². The van der Waals surface area contributed by atoms with E-state index in [1.165, 1.54) is 32.4 Å². The largest absolute Gasteiger partial charge is 0.377 e. The smallest absolute Gasteiger partial charge is 0.0702 e. The first-order valence-electron chi connectivity index (χ1n) is 6.82. The van der Waals surface area contributed by atoms with Crippen LogP contribution in [0.5, 0.6) is 0 Å². The van der Waals surface area contributed by atoms with Crippen molar-refractivity contribution >= 4 is 0 Å². The van der Waals surface area contributed by atoms with Gasteiger partial charge in [0.05, 0.1) is 6.10 Å². The topological polar surface area (TPSA) is 38.5 Å². The summed E-state index contributed by atoms with van der Waals surface area (Å²) >= 11 is 0. The van der Waals surface area contributed by atoms with Crippen LogP contribution in [0, 0.1) is 0 Å². The second-order valence-electron chi connectivity index (χ2n) is 5.06. The van der Waals surface area contributed by atoms with Crippen molar-refractivity contribution in [2.24, 2.45) is 5.73 Å². The molecule has 0 aliphatic carbocycles. The Bertz CT molecular complexity index is 173. The fraction of sp³-hybridized carbons (Fsp3) is 1.00. The van der Waals surface area contributed by atoms with Gasteiger partial charge < -0.3 is 15.4 Å². The van der Waals surface area contributed by atoms with E-state index in [4.69, 9.17) is 10.5 Å². The van der Waals surface area contributed by atoms with Crippen molar-refractivity contribution in [3.8, 4) is 0 Å². The first-order valence-corrected chi connectivity index (χ1v) is 6.82. The normalized spacial score (nSPS) is 24.6. The quantitative estimate of drug-likeness (QED) is 0.724. The lowest BCUT2D eigenvalue weighted by atomic mass is 10.1. The molecule has 3 heteroatoms. The summed E-state index contributed by atoms with van der Waals surface area (Å²) in [4.78, 5) is 2.53. The van der Waals surface area contributed by atoms with Crippen molar-refractivity contribution in [3.05, 3.63) is 0 Å². The second kappa shape index (κ2) is 8.04. The molecule has 0 radical (unpaired) electrons. The lowest BCUT2D eigenvalue weighted by Crippen LogP contribution is -2.40. The minimum Gasteiger partial charge on any atom is -0.377 e. The number of nitrogens with two attached hydrogens (primary N) is 1. The van der Waals surface area contributed by atoms with Gasteiger partial charge >= 0.3 is 0 Å². The van der Waals surface area contributed by atoms with E-state index in [9.17, 15) is 0 Å². The number of hydrogen-bond donors (Lipinski definition) is 1. The molecule has 0 aromatic rings. The van der Waals surface area contributed by atoms with Crippen LogP contribution in [0.4, 0.5) is 0 Å². The van der Waals surface area contributed by atoms with Crippen LogP contribution >= 0.6 is 0 Å². The van der Waals surface area contributed by atoms with Crippen LogP contribution in [-0.2, 0) is 4.74 Å². The highest BCUT2D eigenvalue weighted by Crippen LogP contribution is 2.14. The van der Waals surface area contributed by atoms with Crippen molar-refractivity contribution < 1.29 is 4.74 Å². The molecule has 1 heterocycles. The molecule has 0 aromatic heterocycles. The minimum atomic E-state index is 0.344.